The number of aryl methyl sites for hydroxylation is 1. The lowest BCUT2D eigenvalue weighted by molar-refractivity contribution is -0.131. The molecule has 0 amide bonds. The molecular weight excluding hydrogens is 203 g/mol. The number of alkyl halides is 3. The Bertz CT molecular complexity index is 307. The summed E-state index contributed by atoms with van der Waals surface area (Å²) >= 11 is 0. The molecule has 0 aliphatic carbocycles. The zero-order chi connectivity index (χ0) is 11.3. The van der Waals surface area contributed by atoms with Gasteiger partial charge >= 0.3 is 6.18 Å². The largest absolute Gasteiger partial charge is 0.390 e. The molecular formula is C11H14F3N. The molecule has 0 fully saturated rings. The quantitative estimate of drug-likeness (QED) is 0.812. The molecule has 0 aromatic heterocycles. The number of benzene rings is 1. The maximum Gasteiger partial charge on any atom is 0.390 e. The number of hydrogen-bond acceptors (Lipinski definition) is 1. The van der Waals surface area contributed by atoms with E-state index in [1.807, 2.05) is 25.1 Å². The van der Waals surface area contributed by atoms with Crippen LogP contribution < -0.4 is 5.32 Å². The van der Waals surface area contributed by atoms with Crippen LogP contribution in [0.25, 0.3) is 0 Å². The summed E-state index contributed by atoms with van der Waals surface area (Å²) in [6, 6.07) is 7.44. The summed E-state index contributed by atoms with van der Waals surface area (Å²) in [5.74, 6) is 0. The van der Waals surface area contributed by atoms with Crippen molar-refractivity contribution in [3.8, 4) is 0 Å². The molecule has 0 radical (unpaired) electrons. The first-order chi connectivity index (χ1) is 7.01. The summed E-state index contributed by atoms with van der Waals surface area (Å²) in [5, 5.41) is 2.76. The average molecular weight is 217 g/mol. The zero-order valence-electron chi connectivity index (χ0n) is 8.56. The van der Waals surface area contributed by atoms with E-state index in [2.05, 4.69) is 5.32 Å². The third kappa shape index (κ3) is 4.72. The normalized spacial score (nSPS) is 11.5. The van der Waals surface area contributed by atoms with Gasteiger partial charge in [0.1, 0.15) is 0 Å². The van der Waals surface area contributed by atoms with E-state index in [0.29, 0.717) is 0 Å². The number of hydrogen-bond donors (Lipinski definition) is 1. The van der Waals surface area contributed by atoms with E-state index in [1.165, 1.54) is 0 Å². The van der Waals surface area contributed by atoms with Gasteiger partial charge in [-0.2, -0.15) is 13.2 Å². The fraction of sp³-hybridized carbons (Fsp3) is 0.455. The third-order valence-corrected chi connectivity index (χ3v) is 2.07. The second-order valence-corrected chi connectivity index (χ2v) is 3.35. The second-order valence-electron chi connectivity index (χ2n) is 3.35. The Morgan fingerprint density at radius 3 is 2.60 bits per heavy atom. The summed E-state index contributed by atoms with van der Waals surface area (Å²) in [7, 11) is 0. The smallest absolute Gasteiger partial charge is 0.385 e. The Hall–Kier alpha value is -1.19. The van der Waals surface area contributed by atoms with E-state index in [4.69, 9.17) is 0 Å². The molecule has 15 heavy (non-hydrogen) atoms. The fourth-order valence-corrected chi connectivity index (χ4v) is 1.25. The molecule has 1 nitrogen and oxygen atoms in total. The predicted octanol–water partition coefficient (Wildman–Crippen LogP) is 3.61. The molecule has 1 aromatic carbocycles. The highest BCUT2D eigenvalue weighted by Gasteiger charge is 2.25. The Morgan fingerprint density at radius 1 is 1.27 bits per heavy atom. The molecule has 0 bridgehead atoms. The van der Waals surface area contributed by atoms with Crippen LogP contribution in [0.15, 0.2) is 24.3 Å². The highest BCUT2D eigenvalue weighted by atomic mass is 19.4. The molecule has 1 rings (SSSR count). The van der Waals surface area contributed by atoms with Gasteiger partial charge in [0.05, 0.1) is 6.42 Å². The average Bonchev–Trinajstić information content (AvgIpc) is 2.16. The van der Waals surface area contributed by atoms with Crippen LogP contribution in [-0.4, -0.2) is 12.7 Å². The van der Waals surface area contributed by atoms with Crippen molar-refractivity contribution >= 4 is 5.69 Å². The molecule has 0 saturated heterocycles. The van der Waals surface area contributed by atoms with Crippen LogP contribution >= 0.6 is 0 Å². The van der Waals surface area contributed by atoms with Crippen LogP contribution in [0.3, 0.4) is 0 Å². The minimum Gasteiger partial charge on any atom is -0.385 e. The van der Waals surface area contributed by atoms with E-state index in [0.717, 1.165) is 17.7 Å². The maximum absolute atomic E-state index is 11.9. The van der Waals surface area contributed by atoms with Crippen LogP contribution in [0.4, 0.5) is 18.9 Å². The number of nitrogens with one attached hydrogen (secondary N) is 1. The van der Waals surface area contributed by atoms with Gasteiger partial charge in [0.15, 0.2) is 0 Å². The van der Waals surface area contributed by atoms with Crippen molar-refractivity contribution in [2.75, 3.05) is 11.9 Å². The van der Waals surface area contributed by atoms with Crippen molar-refractivity contribution in [2.24, 2.45) is 0 Å². The topological polar surface area (TPSA) is 12.0 Å². The molecule has 0 heterocycles. The van der Waals surface area contributed by atoms with Gasteiger partial charge in [-0.3, -0.25) is 0 Å². The van der Waals surface area contributed by atoms with Crippen molar-refractivity contribution in [1.82, 2.24) is 0 Å². The van der Waals surface area contributed by atoms with Crippen LogP contribution in [0, 0.1) is 0 Å². The molecule has 1 N–H and O–H groups in total. The highest BCUT2D eigenvalue weighted by Crippen LogP contribution is 2.19. The van der Waals surface area contributed by atoms with Gasteiger partial charge in [-0.25, -0.2) is 0 Å². The van der Waals surface area contributed by atoms with Crippen LogP contribution in [0.1, 0.15) is 18.9 Å². The Kier molecular flexibility index (Phi) is 4.00. The lowest BCUT2D eigenvalue weighted by atomic mass is 10.1. The lowest BCUT2D eigenvalue weighted by Gasteiger charge is -2.09. The highest BCUT2D eigenvalue weighted by molar-refractivity contribution is 5.45. The number of rotatable bonds is 4. The molecule has 0 aliphatic heterocycles. The molecule has 4 heteroatoms. The van der Waals surface area contributed by atoms with Crippen molar-refractivity contribution in [2.45, 2.75) is 25.9 Å². The molecule has 1 aromatic rings. The van der Waals surface area contributed by atoms with E-state index in [9.17, 15) is 13.2 Å². The molecule has 0 aliphatic rings. The predicted molar refractivity (Wildman–Crippen MR) is 55.0 cm³/mol. The van der Waals surface area contributed by atoms with Crippen molar-refractivity contribution < 1.29 is 13.2 Å². The summed E-state index contributed by atoms with van der Waals surface area (Å²) < 4.78 is 35.6. The minimum absolute atomic E-state index is 0.0728. The first-order valence-corrected chi connectivity index (χ1v) is 4.91. The minimum atomic E-state index is -4.09. The molecule has 0 unspecified atom stereocenters. The summed E-state index contributed by atoms with van der Waals surface area (Å²) in [6.45, 7) is 1.94. The fourth-order valence-electron chi connectivity index (χ4n) is 1.25. The zero-order valence-corrected chi connectivity index (χ0v) is 8.56. The molecule has 0 atom stereocenters. The summed E-state index contributed by atoms with van der Waals surface area (Å²) in [6.07, 6.45) is -4.01. The van der Waals surface area contributed by atoms with Crippen molar-refractivity contribution in [3.63, 3.8) is 0 Å². The van der Waals surface area contributed by atoms with Crippen LogP contribution in [-0.2, 0) is 6.42 Å². The van der Waals surface area contributed by atoms with E-state index in [-0.39, 0.29) is 6.54 Å². The van der Waals surface area contributed by atoms with E-state index >= 15 is 0 Å². The first-order valence-electron chi connectivity index (χ1n) is 4.91. The number of halogens is 3. The lowest BCUT2D eigenvalue weighted by Crippen LogP contribution is -2.14. The van der Waals surface area contributed by atoms with Gasteiger partial charge in [0.2, 0.25) is 0 Å². The Balaban J connectivity index is 2.44. The first kappa shape index (κ1) is 11.9. The van der Waals surface area contributed by atoms with Crippen molar-refractivity contribution in [3.05, 3.63) is 29.8 Å². The van der Waals surface area contributed by atoms with E-state index < -0.39 is 12.6 Å². The molecule has 0 spiro atoms. The monoisotopic (exact) mass is 217 g/mol. The summed E-state index contributed by atoms with van der Waals surface area (Å²) in [5.41, 5.74) is 1.87. The van der Waals surface area contributed by atoms with Gasteiger partial charge in [0.25, 0.3) is 0 Å². The molecule has 0 saturated carbocycles. The van der Waals surface area contributed by atoms with Gasteiger partial charge < -0.3 is 5.32 Å². The van der Waals surface area contributed by atoms with Crippen LogP contribution in [0.2, 0.25) is 0 Å². The van der Waals surface area contributed by atoms with Gasteiger partial charge in [-0.15, -0.1) is 0 Å². The Labute approximate surface area is 87.3 Å². The second kappa shape index (κ2) is 5.05. The van der Waals surface area contributed by atoms with Crippen molar-refractivity contribution in [1.29, 1.82) is 0 Å². The number of anilines is 1. The third-order valence-electron chi connectivity index (χ3n) is 2.07. The maximum atomic E-state index is 11.9. The SMILES string of the molecule is CCc1cccc(NCCC(F)(F)F)c1. The van der Waals surface area contributed by atoms with Gasteiger partial charge in [-0.05, 0) is 24.1 Å². The van der Waals surface area contributed by atoms with Gasteiger partial charge in [-0.1, -0.05) is 19.1 Å². The Morgan fingerprint density at radius 2 is 2.00 bits per heavy atom. The standard InChI is InChI=1S/C11H14F3N/c1-2-9-4-3-5-10(8-9)15-7-6-11(12,13)14/h3-5,8,15H,2,6-7H2,1H3. The van der Waals surface area contributed by atoms with Crippen LogP contribution in [0.5, 0.6) is 0 Å². The van der Waals surface area contributed by atoms with Gasteiger partial charge in [0, 0.05) is 12.2 Å². The summed E-state index contributed by atoms with van der Waals surface area (Å²) in [4.78, 5) is 0. The molecule has 84 valence electrons. The van der Waals surface area contributed by atoms with E-state index in [1.54, 1.807) is 6.07 Å².